The first-order chi connectivity index (χ1) is 9.70. The van der Waals surface area contributed by atoms with Crippen LogP contribution >= 0.6 is 11.8 Å². The number of nitrogens with zero attached hydrogens (tertiary/aromatic N) is 1. The van der Waals surface area contributed by atoms with Gasteiger partial charge < -0.3 is 15.3 Å². The summed E-state index contributed by atoms with van der Waals surface area (Å²) in [5.41, 5.74) is 0. The number of carbonyl (C=O) groups excluding carboxylic acids is 1. The molecule has 0 saturated carbocycles. The number of rotatable bonds is 2. The van der Waals surface area contributed by atoms with Crippen molar-refractivity contribution in [2.24, 2.45) is 17.8 Å². The molecule has 2 rings (SSSR count). The Kier molecular flexibility index (Phi) is 4.60. The van der Waals surface area contributed by atoms with Crippen LogP contribution in [0.2, 0.25) is 0 Å². The third kappa shape index (κ3) is 3.56. The molecule has 0 aromatic rings. The number of nitrogens with one attached hydrogen (secondary N) is 1. The molecule has 2 fully saturated rings. The van der Waals surface area contributed by atoms with E-state index in [1.807, 2.05) is 6.92 Å². The number of likely N-dealkylation sites (tertiary alicyclic amines) is 1. The highest BCUT2D eigenvalue weighted by Gasteiger charge is 2.53. The van der Waals surface area contributed by atoms with Gasteiger partial charge in [-0.15, -0.1) is 0 Å². The molecule has 2 N–H and O–H groups in total. The molecule has 2 saturated heterocycles. The lowest BCUT2D eigenvalue weighted by Crippen LogP contribution is -2.46. The maximum Gasteiger partial charge on any atom is 0.394 e. The average Bonchev–Trinajstić information content (AvgIpc) is 2.95. The first-order valence-corrected chi connectivity index (χ1v) is 7.78. The number of carboxylic acid groups (broad SMARTS) is 1. The molecular formula is C12H17F3N2O3S. The van der Waals surface area contributed by atoms with E-state index in [-0.39, 0.29) is 12.0 Å². The highest BCUT2D eigenvalue weighted by atomic mass is 32.2. The van der Waals surface area contributed by atoms with Crippen LogP contribution in [0.15, 0.2) is 0 Å². The van der Waals surface area contributed by atoms with Crippen LogP contribution < -0.4 is 5.32 Å². The summed E-state index contributed by atoms with van der Waals surface area (Å²) >= 11 is 1.68. The van der Waals surface area contributed by atoms with Crippen LogP contribution in [0.1, 0.15) is 6.92 Å². The molecule has 120 valence electrons. The highest BCUT2D eigenvalue weighted by molar-refractivity contribution is 7.99. The largest absolute Gasteiger partial charge is 0.481 e. The van der Waals surface area contributed by atoms with Gasteiger partial charge in [-0.2, -0.15) is 24.9 Å². The first kappa shape index (κ1) is 16.3. The van der Waals surface area contributed by atoms with E-state index >= 15 is 0 Å². The number of hydrogen-bond donors (Lipinski definition) is 2. The van der Waals surface area contributed by atoms with Gasteiger partial charge in [-0.25, -0.2) is 4.79 Å². The fourth-order valence-corrected chi connectivity index (χ4v) is 4.05. The molecule has 21 heavy (non-hydrogen) atoms. The minimum absolute atomic E-state index is 0.0734. The Morgan fingerprint density at radius 2 is 1.95 bits per heavy atom. The maximum atomic E-state index is 12.8. The second-order valence-corrected chi connectivity index (χ2v) is 6.64. The summed E-state index contributed by atoms with van der Waals surface area (Å²) in [5, 5.41) is 11.6. The van der Waals surface area contributed by atoms with E-state index in [1.54, 1.807) is 11.8 Å². The van der Waals surface area contributed by atoms with E-state index in [1.165, 1.54) is 0 Å². The molecule has 2 aliphatic heterocycles. The van der Waals surface area contributed by atoms with Gasteiger partial charge in [0.15, 0.2) is 0 Å². The molecule has 2 heterocycles. The minimum atomic E-state index is -4.62. The standard InChI is InChI=1S/C12H17F3N2O3S/c1-6-4-21-5-9(6)16-11(20)17-2-7(10(18)19)8(3-17)12(13,14)15/h6-9H,2-5H2,1H3,(H,16,20)(H,18,19)/t6?,7-,8-,9?/m1/s1. The third-order valence-corrected chi connectivity index (χ3v) is 5.37. The van der Waals surface area contributed by atoms with E-state index in [2.05, 4.69) is 5.32 Å². The molecule has 2 aliphatic rings. The van der Waals surface area contributed by atoms with Gasteiger partial charge in [0.25, 0.3) is 0 Å². The molecule has 0 radical (unpaired) electrons. The van der Waals surface area contributed by atoms with Crippen molar-refractivity contribution in [3.05, 3.63) is 0 Å². The number of amides is 2. The Bertz CT molecular complexity index is 432. The molecule has 0 aromatic carbocycles. The lowest BCUT2D eigenvalue weighted by molar-refractivity contribution is -0.187. The molecular weight excluding hydrogens is 309 g/mol. The fraction of sp³-hybridized carbons (Fsp3) is 0.833. The van der Waals surface area contributed by atoms with Crippen LogP contribution in [0, 0.1) is 17.8 Å². The molecule has 0 aromatic heterocycles. The number of thioether (sulfide) groups is 1. The lowest BCUT2D eigenvalue weighted by atomic mass is 9.96. The SMILES string of the molecule is CC1CSCC1NC(=O)N1C[C@@H](C(F)(F)F)[C@H](C(=O)O)C1. The predicted octanol–water partition coefficient (Wildman–Crippen LogP) is 1.64. The van der Waals surface area contributed by atoms with Crippen molar-refractivity contribution in [3.8, 4) is 0 Å². The van der Waals surface area contributed by atoms with Gasteiger partial charge in [0.1, 0.15) is 0 Å². The zero-order valence-corrected chi connectivity index (χ0v) is 12.2. The number of halogens is 3. The van der Waals surface area contributed by atoms with Gasteiger partial charge in [0.05, 0.1) is 11.8 Å². The molecule has 2 amide bonds. The zero-order valence-electron chi connectivity index (χ0n) is 11.4. The number of hydrogen-bond acceptors (Lipinski definition) is 3. The quantitative estimate of drug-likeness (QED) is 0.809. The lowest BCUT2D eigenvalue weighted by Gasteiger charge is -2.22. The summed E-state index contributed by atoms with van der Waals surface area (Å²) in [6.07, 6.45) is -4.62. The van der Waals surface area contributed by atoms with Crippen LogP contribution in [-0.2, 0) is 4.79 Å². The second kappa shape index (κ2) is 5.94. The molecule has 0 bridgehead atoms. The highest BCUT2D eigenvalue weighted by Crippen LogP contribution is 2.37. The molecule has 0 spiro atoms. The van der Waals surface area contributed by atoms with Crippen molar-refractivity contribution in [2.45, 2.75) is 19.1 Å². The van der Waals surface area contributed by atoms with E-state index in [0.29, 0.717) is 0 Å². The second-order valence-electron chi connectivity index (χ2n) is 5.57. The Morgan fingerprint density at radius 3 is 2.38 bits per heavy atom. The summed E-state index contributed by atoms with van der Waals surface area (Å²) in [6, 6.07) is -0.678. The van der Waals surface area contributed by atoms with Crippen molar-refractivity contribution in [1.82, 2.24) is 10.2 Å². The van der Waals surface area contributed by atoms with Crippen molar-refractivity contribution in [2.75, 3.05) is 24.6 Å². The van der Waals surface area contributed by atoms with Crippen LogP contribution in [0.3, 0.4) is 0 Å². The van der Waals surface area contributed by atoms with Crippen LogP contribution in [-0.4, -0.2) is 58.8 Å². The molecule has 5 nitrogen and oxygen atoms in total. The topological polar surface area (TPSA) is 69.6 Å². The Hall–Kier alpha value is -1.12. The first-order valence-electron chi connectivity index (χ1n) is 6.63. The normalized spacial score (nSPS) is 33.2. The average molecular weight is 326 g/mol. The van der Waals surface area contributed by atoms with Crippen molar-refractivity contribution in [3.63, 3.8) is 0 Å². The third-order valence-electron chi connectivity index (χ3n) is 4.02. The molecule has 2 unspecified atom stereocenters. The molecule has 0 aliphatic carbocycles. The number of carbonyl (C=O) groups is 2. The summed E-state index contributed by atoms with van der Waals surface area (Å²) in [6.45, 7) is 0.966. The van der Waals surface area contributed by atoms with E-state index in [9.17, 15) is 22.8 Å². The monoisotopic (exact) mass is 326 g/mol. The Morgan fingerprint density at radius 1 is 1.29 bits per heavy atom. The summed E-state index contributed by atoms with van der Waals surface area (Å²) in [7, 11) is 0. The fourth-order valence-electron chi connectivity index (χ4n) is 2.65. The number of alkyl halides is 3. The van der Waals surface area contributed by atoms with Gasteiger partial charge >= 0.3 is 18.2 Å². The summed E-state index contributed by atoms with van der Waals surface area (Å²) < 4.78 is 38.5. The zero-order chi connectivity index (χ0) is 15.8. The molecule has 9 heteroatoms. The maximum absolute atomic E-state index is 12.8. The van der Waals surface area contributed by atoms with Gasteiger partial charge in [0.2, 0.25) is 0 Å². The van der Waals surface area contributed by atoms with Crippen molar-refractivity contribution in [1.29, 1.82) is 0 Å². The molecule has 4 atom stereocenters. The summed E-state index contributed by atoms with van der Waals surface area (Å²) in [5.74, 6) is -3.23. The van der Waals surface area contributed by atoms with E-state index in [4.69, 9.17) is 5.11 Å². The van der Waals surface area contributed by atoms with Crippen molar-refractivity contribution >= 4 is 23.8 Å². The van der Waals surface area contributed by atoms with Gasteiger partial charge in [-0.3, -0.25) is 4.79 Å². The Labute approximate surface area is 124 Å². The summed E-state index contributed by atoms with van der Waals surface area (Å²) in [4.78, 5) is 24.0. The van der Waals surface area contributed by atoms with Crippen LogP contribution in [0.25, 0.3) is 0 Å². The smallest absolute Gasteiger partial charge is 0.394 e. The van der Waals surface area contributed by atoms with Crippen LogP contribution in [0.4, 0.5) is 18.0 Å². The van der Waals surface area contributed by atoms with Gasteiger partial charge in [-0.1, -0.05) is 6.92 Å². The number of aliphatic carboxylic acids is 1. The van der Waals surface area contributed by atoms with Crippen LogP contribution in [0.5, 0.6) is 0 Å². The minimum Gasteiger partial charge on any atom is -0.481 e. The van der Waals surface area contributed by atoms with Gasteiger partial charge in [0, 0.05) is 24.9 Å². The van der Waals surface area contributed by atoms with Crippen molar-refractivity contribution < 1.29 is 27.9 Å². The van der Waals surface area contributed by atoms with E-state index in [0.717, 1.165) is 16.4 Å². The Balaban J connectivity index is 2.01. The van der Waals surface area contributed by atoms with E-state index < -0.39 is 43.1 Å². The van der Waals surface area contributed by atoms with Gasteiger partial charge in [-0.05, 0) is 11.7 Å². The number of carboxylic acids is 1. The predicted molar refractivity (Wildman–Crippen MR) is 71.1 cm³/mol. The number of urea groups is 1.